The topological polar surface area (TPSA) is 16.1 Å². The van der Waals surface area contributed by atoms with Crippen LogP contribution in [0.3, 0.4) is 0 Å². The van der Waals surface area contributed by atoms with Crippen molar-refractivity contribution < 1.29 is 0 Å². The second-order valence-corrected chi connectivity index (χ2v) is 9.47. The molecular weight excluding hydrogens is 372 g/mol. The van der Waals surface area contributed by atoms with E-state index in [4.69, 9.17) is 0 Å². The Morgan fingerprint density at radius 2 is 1.90 bits per heavy atom. The van der Waals surface area contributed by atoms with E-state index in [1.165, 1.54) is 27.8 Å². The highest BCUT2D eigenvalue weighted by Crippen LogP contribution is 2.44. The third kappa shape index (κ3) is 3.58. The Morgan fingerprint density at radius 3 is 2.72 bits per heavy atom. The van der Waals surface area contributed by atoms with Crippen LogP contribution in [0.1, 0.15) is 58.4 Å². The number of pyridine rings is 1. The standard InChI is InChI=1S/C26H28N2S/c1-18-7-11-27-16-22(18)17-28-12-8-20(9-13-28)25-23-6-4-3-5-21(23)15-19(2)26-24(25)10-14-29-26/h3-7,10-11,14,16,19H,8-9,12-13,15,17H2,1-2H3. The molecule has 0 spiro atoms. The lowest BCUT2D eigenvalue weighted by atomic mass is 9.87. The van der Waals surface area contributed by atoms with Gasteiger partial charge in [0.2, 0.25) is 0 Å². The summed E-state index contributed by atoms with van der Waals surface area (Å²) in [6, 6.07) is 13.6. The van der Waals surface area contributed by atoms with E-state index in [1.807, 2.05) is 23.7 Å². The van der Waals surface area contributed by atoms with Gasteiger partial charge < -0.3 is 0 Å². The smallest absolute Gasteiger partial charge is 0.0315 e. The van der Waals surface area contributed by atoms with Gasteiger partial charge in [-0.05, 0) is 83.0 Å². The molecule has 0 saturated carbocycles. The number of aryl methyl sites for hydroxylation is 1. The number of aromatic nitrogens is 1. The minimum absolute atomic E-state index is 0.595. The Kier molecular flexibility index (Phi) is 5.11. The van der Waals surface area contributed by atoms with Crippen molar-refractivity contribution in [2.75, 3.05) is 13.1 Å². The molecule has 1 saturated heterocycles. The van der Waals surface area contributed by atoms with Crippen LogP contribution < -0.4 is 0 Å². The fraction of sp³-hybridized carbons (Fsp3) is 0.346. The van der Waals surface area contributed by atoms with Crippen molar-refractivity contribution in [3.05, 3.63) is 92.4 Å². The second-order valence-electron chi connectivity index (χ2n) is 8.52. The predicted molar refractivity (Wildman–Crippen MR) is 122 cm³/mol. The summed E-state index contributed by atoms with van der Waals surface area (Å²) in [4.78, 5) is 8.48. The van der Waals surface area contributed by atoms with E-state index in [2.05, 4.69) is 65.5 Å². The zero-order valence-electron chi connectivity index (χ0n) is 17.3. The Balaban J connectivity index is 1.47. The second kappa shape index (κ2) is 7.89. The molecule has 0 amide bonds. The van der Waals surface area contributed by atoms with Crippen molar-refractivity contribution in [1.29, 1.82) is 0 Å². The molecule has 3 aromatic rings. The van der Waals surface area contributed by atoms with E-state index >= 15 is 0 Å². The van der Waals surface area contributed by atoms with Gasteiger partial charge in [0, 0.05) is 36.9 Å². The monoisotopic (exact) mass is 400 g/mol. The van der Waals surface area contributed by atoms with Crippen LogP contribution in [0.4, 0.5) is 0 Å². The Labute approximate surface area is 177 Å². The molecule has 1 fully saturated rings. The molecule has 2 nitrogen and oxygen atoms in total. The summed E-state index contributed by atoms with van der Waals surface area (Å²) >= 11 is 1.94. The number of nitrogens with zero attached hydrogens (tertiary/aromatic N) is 2. The highest BCUT2D eigenvalue weighted by molar-refractivity contribution is 7.10. The van der Waals surface area contributed by atoms with Crippen LogP contribution in [-0.4, -0.2) is 23.0 Å². The van der Waals surface area contributed by atoms with Crippen LogP contribution in [-0.2, 0) is 13.0 Å². The molecule has 1 aliphatic heterocycles. The summed E-state index contributed by atoms with van der Waals surface area (Å²) in [5, 5.41) is 2.29. The molecule has 148 valence electrons. The first-order chi connectivity index (χ1) is 14.2. The number of benzene rings is 1. The summed E-state index contributed by atoms with van der Waals surface area (Å²) < 4.78 is 0. The fourth-order valence-electron chi connectivity index (χ4n) is 4.93. The van der Waals surface area contributed by atoms with Gasteiger partial charge in [-0.25, -0.2) is 0 Å². The van der Waals surface area contributed by atoms with E-state index in [1.54, 1.807) is 16.0 Å². The summed E-state index contributed by atoms with van der Waals surface area (Å²) in [5.41, 5.74) is 10.4. The van der Waals surface area contributed by atoms with Gasteiger partial charge in [0.1, 0.15) is 0 Å². The van der Waals surface area contributed by atoms with Crippen molar-refractivity contribution in [3.8, 4) is 0 Å². The number of hydrogen-bond donors (Lipinski definition) is 0. The van der Waals surface area contributed by atoms with Gasteiger partial charge in [-0.2, -0.15) is 0 Å². The summed E-state index contributed by atoms with van der Waals surface area (Å²) in [6.07, 6.45) is 7.39. The first-order valence-corrected chi connectivity index (χ1v) is 11.6. The van der Waals surface area contributed by atoms with E-state index in [0.29, 0.717) is 5.92 Å². The number of thiophene rings is 1. The molecule has 3 heteroatoms. The van der Waals surface area contributed by atoms with E-state index in [-0.39, 0.29) is 0 Å². The number of likely N-dealkylation sites (tertiary alicyclic amines) is 1. The highest BCUT2D eigenvalue weighted by Gasteiger charge is 2.27. The van der Waals surface area contributed by atoms with Gasteiger partial charge in [-0.3, -0.25) is 9.88 Å². The summed E-state index contributed by atoms with van der Waals surface area (Å²) in [5.74, 6) is 0.595. The molecule has 3 heterocycles. The molecule has 0 bridgehead atoms. The van der Waals surface area contributed by atoms with Gasteiger partial charge >= 0.3 is 0 Å². The largest absolute Gasteiger partial charge is 0.298 e. The zero-order valence-corrected chi connectivity index (χ0v) is 18.1. The average molecular weight is 401 g/mol. The van der Waals surface area contributed by atoms with Gasteiger partial charge in [-0.15, -0.1) is 11.3 Å². The molecule has 2 aliphatic rings. The SMILES string of the molecule is Cc1ccncc1CN1CCC(=C2c3ccccc3CC(C)c3sccc32)CC1. The van der Waals surface area contributed by atoms with Gasteiger partial charge in [-0.1, -0.05) is 36.8 Å². The third-order valence-corrected chi connectivity index (χ3v) is 7.73. The normalized spacial score (nSPS) is 19.6. The first-order valence-electron chi connectivity index (χ1n) is 10.7. The molecule has 5 rings (SSSR count). The maximum absolute atomic E-state index is 4.33. The summed E-state index contributed by atoms with van der Waals surface area (Å²) in [7, 11) is 0. The van der Waals surface area contributed by atoms with Gasteiger partial charge in [0.05, 0.1) is 0 Å². The van der Waals surface area contributed by atoms with Crippen molar-refractivity contribution in [2.24, 2.45) is 0 Å². The zero-order chi connectivity index (χ0) is 19.8. The lowest BCUT2D eigenvalue weighted by Crippen LogP contribution is -2.31. The van der Waals surface area contributed by atoms with Crippen LogP contribution >= 0.6 is 11.3 Å². The molecule has 1 unspecified atom stereocenters. The highest BCUT2D eigenvalue weighted by atomic mass is 32.1. The van der Waals surface area contributed by atoms with E-state index in [9.17, 15) is 0 Å². The summed E-state index contributed by atoms with van der Waals surface area (Å²) in [6.45, 7) is 7.85. The average Bonchev–Trinajstić information content (AvgIpc) is 3.18. The molecule has 1 aromatic carbocycles. The molecule has 29 heavy (non-hydrogen) atoms. The Bertz CT molecular complexity index is 1050. The van der Waals surface area contributed by atoms with Crippen molar-refractivity contribution in [1.82, 2.24) is 9.88 Å². The first kappa shape index (κ1) is 18.8. The van der Waals surface area contributed by atoms with Crippen LogP contribution in [0.15, 0.2) is 59.7 Å². The Morgan fingerprint density at radius 1 is 1.07 bits per heavy atom. The fourth-order valence-corrected chi connectivity index (χ4v) is 5.90. The predicted octanol–water partition coefficient (Wildman–Crippen LogP) is 6.21. The maximum Gasteiger partial charge on any atom is 0.0315 e. The molecular formula is C26H28N2S. The lowest BCUT2D eigenvalue weighted by molar-refractivity contribution is 0.248. The number of fused-ring (bicyclic) bond motifs is 2. The van der Waals surface area contributed by atoms with Gasteiger partial charge in [0.25, 0.3) is 0 Å². The molecule has 1 atom stereocenters. The third-order valence-electron chi connectivity index (χ3n) is 6.58. The van der Waals surface area contributed by atoms with Crippen molar-refractivity contribution in [3.63, 3.8) is 0 Å². The van der Waals surface area contributed by atoms with Crippen LogP contribution in [0, 0.1) is 6.92 Å². The van der Waals surface area contributed by atoms with Gasteiger partial charge in [0.15, 0.2) is 0 Å². The van der Waals surface area contributed by atoms with E-state index < -0.39 is 0 Å². The number of piperidine rings is 1. The van der Waals surface area contributed by atoms with Crippen LogP contribution in [0.5, 0.6) is 0 Å². The van der Waals surface area contributed by atoms with E-state index in [0.717, 1.165) is 38.9 Å². The molecule has 2 aromatic heterocycles. The molecule has 1 aliphatic carbocycles. The van der Waals surface area contributed by atoms with Crippen molar-refractivity contribution >= 4 is 16.9 Å². The minimum atomic E-state index is 0.595. The molecule has 0 N–H and O–H groups in total. The molecule has 0 radical (unpaired) electrons. The maximum atomic E-state index is 4.33. The lowest BCUT2D eigenvalue weighted by Gasteiger charge is -2.30. The van der Waals surface area contributed by atoms with Crippen LogP contribution in [0.25, 0.3) is 5.57 Å². The number of hydrogen-bond acceptors (Lipinski definition) is 3. The number of rotatable bonds is 2. The minimum Gasteiger partial charge on any atom is -0.298 e. The Hall–Kier alpha value is -2.23. The van der Waals surface area contributed by atoms with Crippen LogP contribution in [0.2, 0.25) is 0 Å². The van der Waals surface area contributed by atoms with Crippen molar-refractivity contribution in [2.45, 2.75) is 45.6 Å². The quantitative estimate of drug-likeness (QED) is 0.508.